The molecule has 2 aromatic rings. The van der Waals surface area contributed by atoms with Crippen molar-refractivity contribution in [1.82, 2.24) is 15.5 Å². The summed E-state index contributed by atoms with van der Waals surface area (Å²) >= 11 is 0. The maximum Gasteiger partial charge on any atom is 0.242 e. The lowest BCUT2D eigenvalue weighted by atomic mass is 10.0. The number of hydrogen-bond donors (Lipinski definition) is 2. The molecule has 3 amide bonds. The van der Waals surface area contributed by atoms with Crippen LogP contribution in [0.3, 0.4) is 0 Å². The van der Waals surface area contributed by atoms with Gasteiger partial charge in [0.05, 0.1) is 0 Å². The van der Waals surface area contributed by atoms with Crippen LogP contribution in [-0.2, 0) is 27.4 Å². The quantitative estimate of drug-likeness (QED) is 0.405. The van der Waals surface area contributed by atoms with Crippen LogP contribution < -0.4 is 15.4 Å². The number of likely N-dealkylation sites (tertiary alicyclic amines) is 1. The Labute approximate surface area is 208 Å². The van der Waals surface area contributed by atoms with E-state index < -0.39 is 6.04 Å². The molecule has 3 rings (SSSR count). The highest BCUT2D eigenvalue weighted by Gasteiger charge is 2.22. The molecule has 7 nitrogen and oxygen atoms in total. The Balaban J connectivity index is 1.52. The molecule has 7 heteroatoms. The molecule has 2 N–H and O–H groups in total. The third-order valence-electron chi connectivity index (χ3n) is 6.10. The van der Waals surface area contributed by atoms with Crippen LogP contribution in [0.25, 0.3) is 0 Å². The molecule has 1 atom stereocenters. The number of ether oxygens (including phenoxy) is 1. The molecule has 0 bridgehead atoms. The van der Waals surface area contributed by atoms with Crippen molar-refractivity contribution in [2.45, 2.75) is 64.5 Å². The smallest absolute Gasteiger partial charge is 0.242 e. The van der Waals surface area contributed by atoms with Gasteiger partial charge in [-0.2, -0.15) is 0 Å². The lowest BCUT2D eigenvalue weighted by molar-refractivity contribution is -0.129. The van der Waals surface area contributed by atoms with E-state index in [-0.39, 0.29) is 17.7 Å². The van der Waals surface area contributed by atoms with Crippen LogP contribution in [0.2, 0.25) is 0 Å². The van der Waals surface area contributed by atoms with Crippen LogP contribution in [0, 0.1) is 0 Å². The Morgan fingerprint density at radius 2 is 1.80 bits per heavy atom. The van der Waals surface area contributed by atoms with Crippen molar-refractivity contribution in [3.05, 3.63) is 65.7 Å². The Kier molecular flexibility index (Phi) is 10.6. The Morgan fingerprint density at radius 3 is 2.49 bits per heavy atom. The van der Waals surface area contributed by atoms with Crippen LogP contribution in [0.15, 0.2) is 54.6 Å². The number of carbonyl (C=O) groups is 3. The van der Waals surface area contributed by atoms with E-state index in [0.717, 1.165) is 42.7 Å². The van der Waals surface area contributed by atoms with Crippen LogP contribution in [0.1, 0.15) is 56.6 Å². The van der Waals surface area contributed by atoms with Gasteiger partial charge in [0, 0.05) is 38.9 Å². The van der Waals surface area contributed by atoms with Gasteiger partial charge < -0.3 is 20.3 Å². The number of carbonyl (C=O) groups excluding carboxylic acids is 3. The fourth-order valence-electron chi connectivity index (χ4n) is 4.06. The normalized spacial score (nSPS) is 14.0. The highest BCUT2D eigenvalue weighted by atomic mass is 16.5. The van der Waals surface area contributed by atoms with E-state index in [1.165, 1.54) is 0 Å². The van der Waals surface area contributed by atoms with E-state index in [4.69, 9.17) is 4.74 Å². The first-order chi connectivity index (χ1) is 17.0. The van der Waals surface area contributed by atoms with Gasteiger partial charge in [0.25, 0.3) is 0 Å². The number of benzene rings is 2. The molecule has 1 heterocycles. The third-order valence-corrected chi connectivity index (χ3v) is 6.10. The van der Waals surface area contributed by atoms with Gasteiger partial charge in [-0.3, -0.25) is 14.4 Å². The zero-order valence-corrected chi connectivity index (χ0v) is 20.6. The molecule has 188 valence electrons. The summed E-state index contributed by atoms with van der Waals surface area (Å²) in [5.74, 6) is 0.625. The van der Waals surface area contributed by atoms with Gasteiger partial charge >= 0.3 is 0 Å². The predicted molar refractivity (Wildman–Crippen MR) is 136 cm³/mol. The topological polar surface area (TPSA) is 87.7 Å². The molecule has 1 aliphatic rings. The van der Waals surface area contributed by atoms with Crippen LogP contribution in [-0.4, -0.2) is 48.3 Å². The molecule has 0 aliphatic carbocycles. The largest absolute Gasteiger partial charge is 0.489 e. The summed E-state index contributed by atoms with van der Waals surface area (Å²) in [5, 5.41) is 5.84. The van der Waals surface area contributed by atoms with Gasteiger partial charge in [0.2, 0.25) is 17.7 Å². The first kappa shape index (κ1) is 26.3. The lowest BCUT2D eigenvalue weighted by Gasteiger charge is -2.20. The molecule has 1 aliphatic heterocycles. The molecular weight excluding hydrogens is 442 g/mol. The second-order valence-electron chi connectivity index (χ2n) is 8.97. The number of nitrogens with zero attached hydrogens (tertiary/aromatic N) is 1. The second kappa shape index (κ2) is 14.1. The van der Waals surface area contributed by atoms with Gasteiger partial charge in [0.1, 0.15) is 18.4 Å². The minimum atomic E-state index is -0.649. The number of nitrogens with one attached hydrogen (secondary N) is 2. The fraction of sp³-hybridized carbons (Fsp3) is 0.464. The predicted octanol–water partition coefficient (Wildman–Crippen LogP) is 3.61. The summed E-state index contributed by atoms with van der Waals surface area (Å²) in [6, 6.07) is 16.9. The van der Waals surface area contributed by atoms with Crippen molar-refractivity contribution in [2.24, 2.45) is 0 Å². The minimum Gasteiger partial charge on any atom is -0.489 e. The number of rotatable bonds is 14. The SMILES string of the molecule is CCCCC(=O)NC(Cc1ccc(OCc2ccccc2)cc1)C(=O)NCCCN1CCCC1=O. The maximum atomic E-state index is 12.9. The van der Waals surface area contributed by atoms with Crippen LogP contribution in [0.4, 0.5) is 0 Å². The maximum absolute atomic E-state index is 12.9. The zero-order chi connectivity index (χ0) is 24.9. The summed E-state index contributed by atoms with van der Waals surface area (Å²) in [4.78, 5) is 38.9. The highest BCUT2D eigenvalue weighted by Crippen LogP contribution is 2.16. The van der Waals surface area contributed by atoms with E-state index in [1.54, 1.807) is 0 Å². The summed E-state index contributed by atoms with van der Waals surface area (Å²) in [6.07, 6.45) is 4.74. The van der Waals surface area contributed by atoms with Gasteiger partial charge in [-0.1, -0.05) is 55.8 Å². The van der Waals surface area contributed by atoms with Gasteiger partial charge in [-0.05, 0) is 42.5 Å². The van der Waals surface area contributed by atoms with E-state index in [0.29, 0.717) is 45.4 Å². The molecular formula is C28H37N3O4. The summed E-state index contributed by atoms with van der Waals surface area (Å²) in [6.45, 7) is 4.44. The van der Waals surface area contributed by atoms with E-state index in [1.807, 2.05) is 66.4 Å². The molecule has 1 saturated heterocycles. The van der Waals surface area contributed by atoms with Gasteiger partial charge in [-0.15, -0.1) is 0 Å². The summed E-state index contributed by atoms with van der Waals surface area (Å²) < 4.78 is 5.85. The molecule has 0 spiro atoms. The third kappa shape index (κ3) is 9.08. The Morgan fingerprint density at radius 1 is 1.03 bits per heavy atom. The molecule has 0 radical (unpaired) electrons. The average Bonchev–Trinajstić information content (AvgIpc) is 3.29. The first-order valence-electron chi connectivity index (χ1n) is 12.7. The van der Waals surface area contributed by atoms with E-state index >= 15 is 0 Å². The van der Waals surface area contributed by atoms with Crippen molar-refractivity contribution < 1.29 is 19.1 Å². The van der Waals surface area contributed by atoms with Crippen molar-refractivity contribution in [1.29, 1.82) is 0 Å². The number of amides is 3. The lowest BCUT2D eigenvalue weighted by Crippen LogP contribution is -2.48. The van der Waals surface area contributed by atoms with Crippen molar-refractivity contribution in [3.8, 4) is 5.75 Å². The summed E-state index contributed by atoms with van der Waals surface area (Å²) in [7, 11) is 0. The monoisotopic (exact) mass is 479 g/mol. The number of unbranched alkanes of at least 4 members (excludes halogenated alkanes) is 1. The zero-order valence-electron chi connectivity index (χ0n) is 20.6. The fourth-order valence-corrected chi connectivity index (χ4v) is 4.06. The van der Waals surface area contributed by atoms with E-state index in [2.05, 4.69) is 10.6 Å². The molecule has 0 saturated carbocycles. The van der Waals surface area contributed by atoms with Crippen molar-refractivity contribution in [2.75, 3.05) is 19.6 Å². The highest BCUT2D eigenvalue weighted by molar-refractivity contribution is 5.87. The minimum absolute atomic E-state index is 0.113. The van der Waals surface area contributed by atoms with Gasteiger partial charge in [-0.25, -0.2) is 0 Å². The molecule has 2 aromatic carbocycles. The second-order valence-corrected chi connectivity index (χ2v) is 8.97. The number of hydrogen-bond acceptors (Lipinski definition) is 4. The van der Waals surface area contributed by atoms with Gasteiger partial charge in [0.15, 0.2) is 0 Å². The Hall–Kier alpha value is -3.35. The Bertz CT molecular complexity index is 946. The van der Waals surface area contributed by atoms with Crippen LogP contribution >= 0.6 is 0 Å². The summed E-state index contributed by atoms with van der Waals surface area (Å²) in [5.41, 5.74) is 2.04. The molecule has 0 aromatic heterocycles. The first-order valence-corrected chi connectivity index (χ1v) is 12.7. The average molecular weight is 480 g/mol. The van der Waals surface area contributed by atoms with Crippen molar-refractivity contribution >= 4 is 17.7 Å². The molecule has 35 heavy (non-hydrogen) atoms. The molecule has 1 fully saturated rings. The standard InChI is InChI=1S/C28H37N3O4/c1-2-3-11-26(32)30-25(28(34)29-17-8-19-31-18-7-12-27(31)33)20-22-13-15-24(16-14-22)35-21-23-9-5-4-6-10-23/h4-6,9-10,13-16,25H,2-3,7-8,11-12,17-21H2,1H3,(H,29,34)(H,30,32). The van der Waals surface area contributed by atoms with Crippen LogP contribution in [0.5, 0.6) is 5.75 Å². The van der Waals surface area contributed by atoms with E-state index in [9.17, 15) is 14.4 Å². The molecule has 1 unspecified atom stereocenters. The van der Waals surface area contributed by atoms with Crippen molar-refractivity contribution in [3.63, 3.8) is 0 Å².